The van der Waals surface area contributed by atoms with Crippen LogP contribution >= 0.6 is 0 Å². The van der Waals surface area contributed by atoms with Crippen molar-refractivity contribution in [3.8, 4) is 0 Å². The zero-order valence-electron chi connectivity index (χ0n) is 12.2. The molecular weight excluding hydrogens is 268 g/mol. The van der Waals surface area contributed by atoms with E-state index in [1.54, 1.807) is 24.5 Å². The van der Waals surface area contributed by atoms with Gasteiger partial charge in [0.25, 0.3) is 0 Å². The second kappa shape index (κ2) is 5.83. The van der Waals surface area contributed by atoms with Gasteiger partial charge in [-0.1, -0.05) is 0 Å². The van der Waals surface area contributed by atoms with Crippen molar-refractivity contribution >= 4 is 11.5 Å². The number of pyridine rings is 1. The Labute approximate surface area is 123 Å². The van der Waals surface area contributed by atoms with E-state index in [1.807, 2.05) is 4.40 Å². The summed E-state index contributed by atoms with van der Waals surface area (Å²) < 4.78 is 1.97. The van der Waals surface area contributed by atoms with Gasteiger partial charge in [-0.15, -0.1) is 0 Å². The molecule has 6 nitrogen and oxygen atoms in total. The van der Waals surface area contributed by atoms with E-state index in [1.165, 1.54) is 0 Å². The molecule has 0 spiro atoms. The van der Waals surface area contributed by atoms with Gasteiger partial charge in [0.2, 0.25) is 0 Å². The molecule has 1 aliphatic heterocycles. The zero-order valence-corrected chi connectivity index (χ0v) is 12.2. The van der Waals surface area contributed by atoms with Crippen LogP contribution in [0.25, 0.3) is 5.52 Å². The first-order valence-corrected chi connectivity index (χ1v) is 7.23. The van der Waals surface area contributed by atoms with E-state index in [4.69, 9.17) is 5.11 Å². The molecule has 21 heavy (non-hydrogen) atoms. The molecule has 0 amide bonds. The van der Waals surface area contributed by atoms with Gasteiger partial charge in [0.1, 0.15) is 5.82 Å². The summed E-state index contributed by atoms with van der Waals surface area (Å²) in [6.07, 6.45) is 4.42. The molecule has 2 aromatic heterocycles. The van der Waals surface area contributed by atoms with Crippen LogP contribution in [0.4, 0.5) is 0 Å². The van der Waals surface area contributed by atoms with E-state index >= 15 is 0 Å². The summed E-state index contributed by atoms with van der Waals surface area (Å²) in [7, 11) is 2.15. The van der Waals surface area contributed by atoms with Crippen molar-refractivity contribution in [1.29, 1.82) is 0 Å². The molecule has 1 aliphatic rings. The van der Waals surface area contributed by atoms with Crippen LogP contribution in [0.2, 0.25) is 0 Å². The Hall–Kier alpha value is -1.92. The molecule has 0 aromatic carbocycles. The third-order valence-electron chi connectivity index (χ3n) is 4.10. The summed E-state index contributed by atoms with van der Waals surface area (Å²) in [4.78, 5) is 20.2. The molecule has 1 fully saturated rings. The van der Waals surface area contributed by atoms with Crippen LogP contribution in [0.1, 0.15) is 16.2 Å². The molecule has 0 aliphatic carbocycles. The highest BCUT2D eigenvalue weighted by molar-refractivity contribution is 5.88. The second-order valence-electron chi connectivity index (χ2n) is 5.58. The van der Waals surface area contributed by atoms with Gasteiger partial charge in [0.15, 0.2) is 0 Å². The summed E-state index contributed by atoms with van der Waals surface area (Å²) in [5, 5.41) is 9.01. The van der Waals surface area contributed by atoms with Crippen LogP contribution in [0.3, 0.4) is 0 Å². The van der Waals surface area contributed by atoms with Gasteiger partial charge < -0.3 is 19.3 Å². The fourth-order valence-electron chi connectivity index (χ4n) is 2.70. The van der Waals surface area contributed by atoms with Gasteiger partial charge in [-0.05, 0) is 19.2 Å². The number of hydrogen-bond acceptors (Lipinski definition) is 4. The van der Waals surface area contributed by atoms with Crippen LogP contribution in [-0.4, -0.2) is 70.0 Å². The van der Waals surface area contributed by atoms with Gasteiger partial charge in [-0.3, -0.25) is 0 Å². The van der Waals surface area contributed by atoms with Crippen molar-refractivity contribution in [2.45, 2.75) is 6.42 Å². The van der Waals surface area contributed by atoms with Gasteiger partial charge >= 0.3 is 5.97 Å². The number of carbonyl (C=O) groups is 1. The summed E-state index contributed by atoms with van der Waals surface area (Å²) in [5.74, 6) is 0.0820. The van der Waals surface area contributed by atoms with E-state index in [9.17, 15) is 4.79 Å². The summed E-state index contributed by atoms with van der Waals surface area (Å²) in [6.45, 7) is 5.42. The first kappa shape index (κ1) is 14.0. The van der Waals surface area contributed by atoms with Crippen LogP contribution in [0.15, 0.2) is 24.5 Å². The number of fused-ring (bicyclic) bond motifs is 1. The molecule has 112 valence electrons. The SMILES string of the molecule is CN1CCN(CCc2ncc3cc(C(=O)O)ccn23)CC1. The van der Waals surface area contributed by atoms with Crippen molar-refractivity contribution in [1.82, 2.24) is 19.2 Å². The van der Waals surface area contributed by atoms with Crippen molar-refractivity contribution in [3.05, 3.63) is 35.9 Å². The molecule has 1 saturated heterocycles. The highest BCUT2D eigenvalue weighted by Crippen LogP contribution is 2.11. The molecular formula is C15H20N4O2. The van der Waals surface area contributed by atoms with Crippen LogP contribution < -0.4 is 0 Å². The van der Waals surface area contributed by atoms with Gasteiger partial charge in [0, 0.05) is 45.3 Å². The first-order valence-electron chi connectivity index (χ1n) is 7.23. The lowest BCUT2D eigenvalue weighted by atomic mass is 10.2. The van der Waals surface area contributed by atoms with E-state index in [0.717, 1.165) is 50.5 Å². The number of imidazole rings is 1. The minimum atomic E-state index is -0.905. The van der Waals surface area contributed by atoms with Crippen LogP contribution in [0, 0.1) is 0 Å². The molecule has 2 aromatic rings. The van der Waals surface area contributed by atoms with Crippen LogP contribution in [0.5, 0.6) is 0 Å². The Morgan fingerprint density at radius 2 is 2.10 bits per heavy atom. The Balaban J connectivity index is 1.68. The molecule has 0 radical (unpaired) electrons. The Bertz CT molecular complexity index is 644. The van der Waals surface area contributed by atoms with Crippen LogP contribution in [-0.2, 0) is 6.42 Å². The van der Waals surface area contributed by atoms with Crippen molar-refractivity contribution in [2.75, 3.05) is 39.8 Å². The quantitative estimate of drug-likeness (QED) is 0.902. The van der Waals surface area contributed by atoms with Crippen molar-refractivity contribution in [2.24, 2.45) is 0 Å². The van der Waals surface area contributed by atoms with E-state index in [0.29, 0.717) is 5.56 Å². The molecule has 0 bridgehead atoms. The molecule has 0 atom stereocenters. The smallest absolute Gasteiger partial charge is 0.335 e. The summed E-state index contributed by atoms with van der Waals surface area (Å²) >= 11 is 0. The highest BCUT2D eigenvalue weighted by Gasteiger charge is 2.14. The van der Waals surface area contributed by atoms with Gasteiger partial charge in [-0.2, -0.15) is 0 Å². The van der Waals surface area contributed by atoms with Gasteiger partial charge in [0.05, 0.1) is 17.3 Å². The average Bonchev–Trinajstić information content (AvgIpc) is 2.89. The third kappa shape index (κ3) is 3.06. The fraction of sp³-hybridized carbons (Fsp3) is 0.467. The number of carboxylic acid groups (broad SMARTS) is 1. The summed E-state index contributed by atoms with van der Waals surface area (Å²) in [5.41, 5.74) is 1.14. The Morgan fingerprint density at radius 3 is 2.81 bits per heavy atom. The first-order chi connectivity index (χ1) is 10.1. The molecule has 0 unspecified atom stereocenters. The molecule has 6 heteroatoms. The van der Waals surface area contributed by atoms with E-state index < -0.39 is 5.97 Å². The standard InChI is InChI=1S/C15H20N4O2/c1-17-6-8-18(9-7-17)4-3-14-16-11-13-10-12(15(20)21)2-5-19(13)14/h2,5,10-11H,3-4,6-9H2,1H3,(H,20,21). The number of aromatic nitrogens is 2. The summed E-state index contributed by atoms with van der Waals surface area (Å²) in [6, 6.07) is 3.28. The third-order valence-corrected chi connectivity index (χ3v) is 4.10. The number of hydrogen-bond donors (Lipinski definition) is 1. The molecule has 1 N–H and O–H groups in total. The fourth-order valence-corrected chi connectivity index (χ4v) is 2.70. The lowest BCUT2D eigenvalue weighted by Crippen LogP contribution is -2.45. The number of piperazine rings is 1. The second-order valence-corrected chi connectivity index (χ2v) is 5.58. The number of likely N-dealkylation sites (N-methyl/N-ethyl adjacent to an activating group) is 1. The Kier molecular flexibility index (Phi) is 3.90. The van der Waals surface area contributed by atoms with Gasteiger partial charge in [-0.25, -0.2) is 9.78 Å². The number of rotatable bonds is 4. The maximum atomic E-state index is 11.0. The van der Waals surface area contributed by atoms with E-state index in [2.05, 4.69) is 21.8 Å². The monoisotopic (exact) mass is 288 g/mol. The maximum absolute atomic E-state index is 11.0. The maximum Gasteiger partial charge on any atom is 0.335 e. The normalized spacial score (nSPS) is 17.4. The number of nitrogens with zero attached hydrogens (tertiary/aromatic N) is 4. The molecule has 3 rings (SSSR count). The average molecular weight is 288 g/mol. The topological polar surface area (TPSA) is 61.1 Å². The molecule has 3 heterocycles. The van der Waals surface area contributed by atoms with Crippen molar-refractivity contribution < 1.29 is 9.90 Å². The lowest BCUT2D eigenvalue weighted by Gasteiger charge is -2.32. The van der Waals surface area contributed by atoms with Crippen molar-refractivity contribution in [3.63, 3.8) is 0 Å². The Morgan fingerprint density at radius 1 is 1.33 bits per heavy atom. The number of aromatic carboxylic acids is 1. The highest BCUT2D eigenvalue weighted by atomic mass is 16.4. The largest absolute Gasteiger partial charge is 0.478 e. The minimum absolute atomic E-state index is 0.299. The predicted octanol–water partition coefficient (Wildman–Crippen LogP) is 0.822. The predicted molar refractivity (Wildman–Crippen MR) is 79.8 cm³/mol. The lowest BCUT2D eigenvalue weighted by molar-refractivity contribution is 0.0697. The zero-order chi connectivity index (χ0) is 14.8. The van der Waals surface area contributed by atoms with E-state index in [-0.39, 0.29) is 0 Å². The molecule has 0 saturated carbocycles. The number of carboxylic acids is 1. The minimum Gasteiger partial charge on any atom is -0.478 e.